The lowest BCUT2D eigenvalue weighted by atomic mass is 9.78. The zero-order valence-electron chi connectivity index (χ0n) is 41.5. The maximum atomic E-state index is 14.4. The number of ether oxygens (including phenoxy) is 5. The summed E-state index contributed by atoms with van der Waals surface area (Å²) < 4.78 is 29.5. The second kappa shape index (κ2) is 26.5. The first-order valence-corrected chi connectivity index (χ1v) is 24.6. The van der Waals surface area contributed by atoms with Crippen LogP contribution in [0.5, 0.6) is 0 Å². The van der Waals surface area contributed by atoms with E-state index in [2.05, 4.69) is 0 Å². The number of hydrogen-bond acceptors (Lipinski definition) is 14. The Balaban J connectivity index is 1.68. The molecule has 1 saturated carbocycles. The predicted octanol–water partition coefficient (Wildman–Crippen LogP) is 5.54. The number of rotatable bonds is 8. The smallest absolute Gasteiger partial charge is 0.329 e. The second-order valence-corrected chi connectivity index (χ2v) is 19.9. The summed E-state index contributed by atoms with van der Waals surface area (Å²) in [7, 11) is 2.99. The molecule has 0 aromatic carbocycles. The molecule has 1 amide bonds. The summed E-state index contributed by atoms with van der Waals surface area (Å²) in [5, 5.41) is 43.8. The molecule has 4 N–H and O–H groups in total. The van der Waals surface area contributed by atoms with Gasteiger partial charge in [0.25, 0.3) is 11.7 Å². The molecule has 15 heteroatoms. The van der Waals surface area contributed by atoms with Gasteiger partial charge in [0.15, 0.2) is 5.78 Å². The fourth-order valence-electron chi connectivity index (χ4n) is 10.2. The van der Waals surface area contributed by atoms with Gasteiger partial charge in [-0.2, -0.15) is 0 Å². The number of fused-ring (bicyclic) bond motifs is 3. The van der Waals surface area contributed by atoms with Gasteiger partial charge in [0.2, 0.25) is 5.79 Å². The minimum absolute atomic E-state index is 0.00840. The third kappa shape index (κ3) is 15.3. The number of ketones is 3. The number of carbonyl (C=O) groups is 5. The quantitative estimate of drug-likeness (QED) is 0.134. The number of esters is 1. The Bertz CT molecular complexity index is 1790. The average Bonchev–Trinajstić information content (AvgIpc) is 3.30. The molecule has 67 heavy (non-hydrogen) atoms. The molecule has 15 atom stereocenters. The van der Waals surface area contributed by atoms with Gasteiger partial charge in [0, 0.05) is 51.4 Å². The van der Waals surface area contributed by atoms with Crippen LogP contribution < -0.4 is 0 Å². The van der Waals surface area contributed by atoms with E-state index in [0.717, 1.165) is 11.3 Å². The highest BCUT2D eigenvalue weighted by Gasteiger charge is 2.53. The fourth-order valence-corrected chi connectivity index (χ4v) is 10.2. The Labute approximate surface area is 398 Å². The van der Waals surface area contributed by atoms with E-state index in [1.807, 2.05) is 32.1 Å². The van der Waals surface area contributed by atoms with Crippen molar-refractivity contribution in [3.63, 3.8) is 0 Å². The molecule has 0 aromatic rings. The van der Waals surface area contributed by atoms with Gasteiger partial charge in [0.1, 0.15) is 30.1 Å². The van der Waals surface area contributed by atoms with E-state index in [0.29, 0.717) is 62.5 Å². The molecule has 4 rings (SSSR count). The van der Waals surface area contributed by atoms with Crippen LogP contribution >= 0.6 is 0 Å². The zero-order chi connectivity index (χ0) is 49.6. The number of nitrogens with zero attached hydrogens (tertiary/aromatic N) is 1. The number of carbonyl (C=O) groups excluding carboxylic acids is 5. The van der Waals surface area contributed by atoms with Crippen molar-refractivity contribution in [2.75, 3.05) is 34.0 Å². The number of hydrogen-bond donors (Lipinski definition) is 4. The number of Topliss-reactive ketones (excluding diaryl/α,β-unsaturated/α-hetero) is 3. The summed E-state index contributed by atoms with van der Waals surface area (Å²) in [4.78, 5) is 71.8. The molecule has 0 aromatic heterocycles. The van der Waals surface area contributed by atoms with E-state index >= 15 is 0 Å². The van der Waals surface area contributed by atoms with E-state index in [1.165, 1.54) is 7.11 Å². The van der Waals surface area contributed by atoms with Crippen molar-refractivity contribution >= 4 is 29.2 Å². The molecule has 0 radical (unpaired) electrons. The molecule has 2 saturated heterocycles. The highest BCUT2D eigenvalue weighted by molar-refractivity contribution is 6.39. The lowest BCUT2D eigenvalue weighted by molar-refractivity contribution is -0.265. The highest BCUT2D eigenvalue weighted by atomic mass is 16.6. The first-order valence-electron chi connectivity index (χ1n) is 24.6. The maximum absolute atomic E-state index is 14.4. The van der Waals surface area contributed by atoms with Crippen LogP contribution in [0, 0.1) is 35.5 Å². The Hall–Kier alpha value is -3.41. The van der Waals surface area contributed by atoms with Crippen molar-refractivity contribution in [3.8, 4) is 0 Å². The van der Waals surface area contributed by atoms with Crippen LogP contribution in [0.25, 0.3) is 0 Å². The van der Waals surface area contributed by atoms with Gasteiger partial charge >= 0.3 is 5.97 Å². The second-order valence-electron chi connectivity index (χ2n) is 19.9. The van der Waals surface area contributed by atoms with Crippen molar-refractivity contribution in [3.05, 3.63) is 47.6 Å². The van der Waals surface area contributed by atoms with Crippen LogP contribution in [0.2, 0.25) is 0 Å². The third-order valence-electron chi connectivity index (χ3n) is 14.6. The van der Waals surface area contributed by atoms with Crippen LogP contribution in [0.15, 0.2) is 47.6 Å². The number of aliphatic hydroxyl groups is 4. The standard InChI is InChI=1S/C52H81NO14/c1-31-15-11-10-12-16-32(2)41(55)29-39-20-18-37(7)52(62,67-39)49(59)50(60)53-22-14-13-17-40(53)51(61)66-44(34(4)27-38-19-21-43(65-24-23-54)45(28-38)63-8)30-42(56)33(3)26-36(6)47(58)48(64-9)46(57)35(5)25-31/h10-12,15-16,26,31,33-35,37-41,43-45,47-48,54-55,58,62H,13-14,17-25,27-30H2,1-9H3/b12-10-,15-11+,32-16+,36-26-/t31-,33-,34-,35-,37-,38+,39+,40+,41+,43-,44+,45-,47-,48+,52-/m1/s1. The maximum Gasteiger partial charge on any atom is 0.329 e. The molecule has 378 valence electrons. The summed E-state index contributed by atoms with van der Waals surface area (Å²) in [6.07, 6.45) is 10.3. The number of amides is 1. The van der Waals surface area contributed by atoms with E-state index in [9.17, 15) is 44.4 Å². The molecule has 15 nitrogen and oxygen atoms in total. The first-order chi connectivity index (χ1) is 31.7. The Kier molecular flexibility index (Phi) is 22.3. The molecule has 3 aliphatic heterocycles. The lowest BCUT2D eigenvalue weighted by Gasteiger charge is -2.42. The Morgan fingerprint density at radius 1 is 0.866 bits per heavy atom. The summed E-state index contributed by atoms with van der Waals surface area (Å²) in [6.45, 7) is 12.6. The summed E-state index contributed by atoms with van der Waals surface area (Å²) >= 11 is 0. The number of allylic oxidation sites excluding steroid dienone is 6. The van der Waals surface area contributed by atoms with Crippen LogP contribution in [-0.4, -0.2) is 143 Å². The van der Waals surface area contributed by atoms with E-state index < -0.39 is 77.8 Å². The molecule has 4 aliphatic rings. The van der Waals surface area contributed by atoms with Gasteiger partial charge in [-0.15, -0.1) is 0 Å². The molecule has 0 spiro atoms. The zero-order valence-corrected chi connectivity index (χ0v) is 41.5. The van der Waals surface area contributed by atoms with Crippen LogP contribution in [0.1, 0.15) is 126 Å². The first kappa shape index (κ1) is 56.2. The fraction of sp³-hybridized carbons (Fsp3) is 0.750. The Morgan fingerprint density at radius 3 is 2.28 bits per heavy atom. The van der Waals surface area contributed by atoms with Gasteiger partial charge in [-0.1, -0.05) is 71.1 Å². The SMILES string of the molecule is CO[C@@H]1C[C@H](C[C@@H](C)[C@@H]2CC(=O)[C@H](C)/C=C(/C)[C@@H](O)[C@@H](OC)C(=O)[C@H](C)C[C@H](C)/C=C/C=C\C=C(/C)[C@@H](O)C[C@@H]3CC[C@@H](C)[C@@](O)(O3)C(=O)C(=O)N3CCCC[C@H]3C(=O)O2)CC[C@H]1OCCO. The van der Waals surface area contributed by atoms with Gasteiger partial charge in [0.05, 0.1) is 37.6 Å². The van der Waals surface area contributed by atoms with E-state index in [4.69, 9.17) is 23.7 Å². The number of aliphatic hydroxyl groups excluding tert-OH is 3. The van der Waals surface area contributed by atoms with Gasteiger partial charge < -0.3 is 49.0 Å². The largest absolute Gasteiger partial charge is 0.460 e. The topological polar surface area (TPSA) is 216 Å². The molecular formula is C52H81NO14. The van der Waals surface area contributed by atoms with Gasteiger partial charge in [-0.3, -0.25) is 19.2 Å². The van der Waals surface area contributed by atoms with E-state index in [-0.39, 0.29) is 80.5 Å². The molecule has 3 fully saturated rings. The summed E-state index contributed by atoms with van der Waals surface area (Å²) in [6, 6.07) is -1.16. The minimum Gasteiger partial charge on any atom is -0.460 e. The molecule has 0 unspecified atom stereocenters. The highest BCUT2D eigenvalue weighted by Crippen LogP contribution is 2.38. The van der Waals surface area contributed by atoms with Crippen molar-refractivity contribution in [2.45, 2.75) is 180 Å². The number of piperidine rings is 1. The monoisotopic (exact) mass is 944 g/mol. The lowest BCUT2D eigenvalue weighted by Crippen LogP contribution is -2.61. The van der Waals surface area contributed by atoms with Crippen molar-refractivity contribution < 1.29 is 68.1 Å². The van der Waals surface area contributed by atoms with E-state index in [1.54, 1.807) is 60.0 Å². The summed E-state index contributed by atoms with van der Waals surface area (Å²) in [5.74, 6) is -8.25. The minimum atomic E-state index is -2.49. The Morgan fingerprint density at radius 2 is 1.60 bits per heavy atom. The number of methoxy groups -OCH3 is 2. The summed E-state index contributed by atoms with van der Waals surface area (Å²) in [5.41, 5.74) is 0.998. The van der Waals surface area contributed by atoms with Gasteiger partial charge in [-0.05, 0) is 107 Å². The predicted molar refractivity (Wildman–Crippen MR) is 251 cm³/mol. The molecular weight excluding hydrogens is 863 g/mol. The van der Waals surface area contributed by atoms with Crippen LogP contribution in [-0.2, 0) is 47.7 Å². The van der Waals surface area contributed by atoms with Crippen molar-refractivity contribution in [2.24, 2.45) is 35.5 Å². The van der Waals surface area contributed by atoms with Crippen molar-refractivity contribution in [1.82, 2.24) is 4.90 Å². The average molecular weight is 944 g/mol. The van der Waals surface area contributed by atoms with Gasteiger partial charge in [-0.25, -0.2) is 4.79 Å². The van der Waals surface area contributed by atoms with Crippen LogP contribution in [0.4, 0.5) is 0 Å². The number of cyclic esters (lactones) is 1. The molecule has 3 heterocycles. The molecule has 1 aliphatic carbocycles. The third-order valence-corrected chi connectivity index (χ3v) is 14.6. The normalized spacial score (nSPS) is 39.6. The van der Waals surface area contributed by atoms with Crippen molar-refractivity contribution in [1.29, 1.82) is 0 Å². The van der Waals surface area contributed by atoms with Crippen LogP contribution in [0.3, 0.4) is 0 Å². The molecule has 2 bridgehead atoms.